The third-order valence-corrected chi connectivity index (χ3v) is 3.34. The van der Waals surface area contributed by atoms with E-state index in [0.717, 1.165) is 28.4 Å². The molecule has 1 aromatic heterocycles. The molecule has 106 valence electrons. The maximum Gasteiger partial charge on any atom is 0.183 e. The number of anilines is 1. The zero-order chi connectivity index (χ0) is 14.7. The maximum atomic E-state index is 12.3. The lowest BCUT2D eigenvalue weighted by Crippen LogP contribution is -2.25. The number of benzene rings is 1. The van der Waals surface area contributed by atoms with Crippen LogP contribution in [0.5, 0.6) is 5.75 Å². The average Bonchev–Trinajstić information content (AvgIpc) is 2.78. The number of rotatable bonds is 5. The number of H-pyrrole nitrogens is 1. The topological polar surface area (TPSA) is 45.3 Å². The van der Waals surface area contributed by atoms with Gasteiger partial charge in [-0.15, -0.1) is 0 Å². The Balaban J connectivity index is 2.08. The number of hydrogen-bond donors (Lipinski definition) is 1. The van der Waals surface area contributed by atoms with E-state index in [0.29, 0.717) is 6.54 Å². The molecule has 0 bridgehead atoms. The Hall–Kier alpha value is -2.23. The fraction of sp³-hybridized carbons (Fsp3) is 0.312. The molecule has 0 unspecified atom stereocenters. The van der Waals surface area contributed by atoms with E-state index in [1.165, 1.54) is 0 Å². The van der Waals surface area contributed by atoms with Crippen LogP contribution in [0.25, 0.3) is 0 Å². The molecule has 0 atom stereocenters. The first-order valence-electron chi connectivity index (χ1n) is 6.56. The Morgan fingerprint density at radius 3 is 2.40 bits per heavy atom. The molecular formula is C16H20N2O2. The Morgan fingerprint density at radius 1 is 1.25 bits per heavy atom. The maximum absolute atomic E-state index is 12.3. The number of methoxy groups -OCH3 is 1. The number of aromatic amines is 1. The van der Waals surface area contributed by atoms with Gasteiger partial charge < -0.3 is 14.6 Å². The summed E-state index contributed by atoms with van der Waals surface area (Å²) in [6.07, 6.45) is 0. The predicted octanol–water partition coefficient (Wildman–Crippen LogP) is 2.96. The highest BCUT2D eigenvalue weighted by molar-refractivity contribution is 6.00. The van der Waals surface area contributed by atoms with Gasteiger partial charge in [-0.25, -0.2) is 0 Å². The predicted molar refractivity (Wildman–Crippen MR) is 80.9 cm³/mol. The minimum atomic E-state index is 0.116. The highest BCUT2D eigenvalue weighted by Gasteiger charge is 2.14. The van der Waals surface area contributed by atoms with Crippen molar-refractivity contribution in [2.24, 2.45) is 0 Å². The van der Waals surface area contributed by atoms with Gasteiger partial charge in [0.05, 0.1) is 13.7 Å². The van der Waals surface area contributed by atoms with Gasteiger partial charge in [-0.3, -0.25) is 4.79 Å². The van der Waals surface area contributed by atoms with Crippen LogP contribution in [0.4, 0.5) is 5.69 Å². The summed E-state index contributed by atoms with van der Waals surface area (Å²) in [4.78, 5) is 17.4. The third kappa shape index (κ3) is 3.02. The molecule has 0 radical (unpaired) electrons. The van der Waals surface area contributed by atoms with Crippen LogP contribution in [0.15, 0.2) is 30.3 Å². The molecule has 0 spiro atoms. The van der Waals surface area contributed by atoms with Gasteiger partial charge in [0.25, 0.3) is 0 Å². The Morgan fingerprint density at radius 2 is 1.90 bits per heavy atom. The number of ketones is 1. The summed E-state index contributed by atoms with van der Waals surface area (Å²) < 4.78 is 5.13. The zero-order valence-corrected chi connectivity index (χ0v) is 12.4. The van der Waals surface area contributed by atoms with Crippen molar-refractivity contribution in [1.29, 1.82) is 0 Å². The minimum Gasteiger partial charge on any atom is -0.497 e. The fourth-order valence-corrected chi connectivity index (χ4v) is 2.24. The number of hydrogen-bond acceptors (Lipinski definition) is 3. The summed E-state index contributed by atoms with van der Waals surface area (Å²) in [5.41, 5.74) is 3.69. The number of aryl methyl sites for hydroxylation is 2. The van der Waals surface area contributed by atoms with Crippen molar-refractivity contribution < 1.29 is 9.53 Å². The average molecular weight is 272 g/mol. The molecule has 1 aromatic carbocycles. The van der Waals surface area contributed by atoms with Gasteiger partial charge in [0.2, 0.25) is 0 Å². The van der Waals surface area contributed by atoms with Crippen LogP contribution in [-0.2, 0) is 0 Å². The molecule has 0 aliphatic heterocycles. The fourth-order valence-electron chi connectivity index (χ4n) is 2.24. The third-order valence-electron chi connectivity index (χ3n) is 3.34. The minimum absolute atomic E-state index is 0.116. The van der Waals surface area contributed by atoms with Gasteiger partial charge in [-0.1, -0.05) is 0 Å². The van der Waals surface area contributed by atoms with E-state index in [1.807, 2.05) is 56.1 Å². The first kappa shape index (κ1) is 14.2. The van der Waals surface area contributed by atoms with Crippen molar-refractivity contribution in [3.05, 3.63) is 47.3 Å². The van der Waals surface area contributed by atoms with Gasteiger partial charge in [0.1, 0.15) is 5.75 Å². The van der Waals surface area contributed by atoms with Gasteiger partial charge in [-0.05, 0) is 44.2 Å². The molecule has 0 saturated carbocycles. The van der Waals surface area contributed by atoms with Crippen LogP contribution in [0.1, 0.15) is 21.7 Å². The molecule has 1 N–H and O–H groups in total. The molecule has 0 amide bonds. The van der Waals surface area contributed by atoms with E-state index in [2.05, 4.69) is 4.98 Å². The summed E-state index contributed by atoms with van der Waals surface area (Å²) in [5, 5.41) is 0. The van der Waals surface area contributed by atoms with Crippen molar-refractivity contribution >= 4 is 11.5 Å². The monoisotopic (exact) mass is 272 g/mol. The largest absolute Gasteiger partial charge is 0.497 e. The first-order chi connectivity index (χ1) is 9.51. The van der Waals surface area contributed by atoms with E-state index < -0.39 is 0 Å². The van der Waals surface area contributed by atoms with Crippen LogP contribution in [0.2, 0.25) is 0 Å². The Labute approximate surface area is 119 Å². The molecule has 20 heavy (non-hydrogen) atoms. The van der Waals surface area contributed by atoms with Crippen LogP contribution >= 0.6 is 0 Å². The zero-order valence-electron chi connectivity index (χ0n) is 12.4. The van der Waals surface area contributed by atoms with Gasteiger partial charge >= 0.3 is 0 Å². The van der Waals surface area contributed by atoms with Crippen molar-refractivity contribution in [2.45, 2.75) is 13.8 Å². The second-order valence-corrected chi connectivity index (χ2v) is 4.97. The first-order valence-corrected chi connectivity index (χ1v) is 6.56. The number of ether oxygens (including phenoxy) is 1. The number of carbonyl (C=O) groups excluding carboxylic acids is 1. The lowest BCUT2D eigenvalue weighted by atomic mass is 10.1. The van der Waals surface area contributed by atoms with Crippen LogP contribution in [0.3, 0.4) is 0 Å². The molecule has 4 nitrogen and oxygen atoms in total. The SMILES string of the molecule is COc1ccc(N(C)CC(=O)c2cc(C)[nH]c2C)cc1. The molecule has 0 aliphatic rings. The van der Waals surface area contributed by atoms with Crippen molar-refractivity contribution in [3.8, 4) is 5.75 Å². The van der Waals surface area contributed by atoms with Crippen LogP contribution < -0.4 is 9.64 Å². The summed E-state index contributed by atoms with van der Waals surface area (Å²) >= 11 is 0. The van der Waals surface area contributed by atoms with E-state index in [4.69, 9.17) is 4.74 Å². The molecule has 0 saturated heterocycles. The lowest BCUT2D eigenvalue weighted by molar-refractivity contribution is 0.1000. The molecule has 4 heteroatoms. The molecule has 2 aromatic rings. The van der Waals surface area contributed by atoms with Gasteiger partial charge in [0.15, 0.2) is 5.78 Å². The standard InChI is InChI=1S/C16H20N2O2/c1-11-9-15(12(2)17-11)16(19)10-18(3)13-5-7-14(20-4)8-6-13/h5-9,17H,10H2,1-4H3. The highest BCUT2D eigenvalue weighted by Crippen LogP contribution is 2.19. The summed E-state index contributed by atoms with van der Waals surface area (Å²) in [7, 11) is 3.55. The van der Waals surface area contributed by atoms with Crippen LogP contribution in [-0.4, -0.2) is 31.5 Å². The summed E-state index contributed by atoms with van der Waals surface area (Å²) in [6.45, 7) is 4.23. The second kappa shape index (κ2) is 5.82. The smallest absolute Gasteiger partial charge is 0.183 e. The number of likely N-dealkylation sites (N-methyl/N-ethyl adjacent to an activating group) is 1. The number of carbonyl (C=O) groups is 1. The van der Waals surface area contributed by atoms with E-state index in [9.17, 15) is 4.79 Å². The number of nitrogens with one attached hydrogen (secondary N) is 1. The normalized spacial score (nSPS) is 10.4. The van der Waals surface area contributed by atoms with E-state index in [1.54, 1.807) is 7.11 Å². The quantitative estimate of drug-likeness (QED) is 0.851. The van der Waals surface area contributed by atoms with Crippen LogP contribution in [0, 0.1) is 13.8 Å². The Bertz CT molecular complexity index is 599. The van der Waals surface area contributed by atoms with Gasteiger partial charge in [0, 0.05) is 29.7 Å². The van der Waals surface area contributed by atoms with E-state index in [-0.39, 0.29) is 5.78 Å². The lowest BCUT2D eigenvalue weighted by Gasteiger charge is -2.18. The molecule has 0 aliphatic carbocycles. The van der Waals surface area contributed by atoms with Crippen molar-refractivity contribution in [2.75, 3.05) is 25.6 Å². The molecule has 2 rings (SSSR count). The second-order valence-electron chi connectivity index (χ2n) is 4.97. The van der Waals surface area contributed by atoms with Crippen molar-refractivity contribution in [3.63, 3.8) is 0 Å². The highest BCUT2D eigenvalue weighted by atomic mass is 16.5. The van der Waals surface area contributed by atoms with E-state index >= 15 is 0 Å². The summed E-state index contributed by atoms with van der Waals surface area (Å²) in [5.74, 6) is 0.927. The number of aromatic nitrogens is 1. The molecule has 1 heterocycles. The molecular weight excluding hydrogens is 252 g/mol. The summed E-state index contributed by atoms with van der Waals surface area (Å²) in [6, 6.07) is 9.58. The molecule has 0 fully saturated rings. The van der Waals surface area contributed by atoms with Gasteiger partial charge in [-0.2, -0.15) is 0 Å². The Kier molecular flexibility index (Phi) is 4.13. The number of nitrogens with zero attached hydrogens (tertiary/aromatic N) is 1. The van der Waals surface area contributed by atoms with Crippen molar-refractivity contribution in [1.82, 2.24) is 4.98 Å². The number of Topliss-reactive ketones (excluding diaryl/α,β-unsaturated/α-hetero) is 1.